The van der Waals surface area contributed by atoms with Gasteiger partial charge in [0.05, 0.1) is 11.7 Å². The third kappa shape index (κ3) is 7.89. The standard InChI is InChI=1S/C32H37ClN4O4S/c1-3-4-18-32(37-30(40)41,27(38)28(39)35-22(2)23-9-6-5-7-10-23)20-31(16-8-17-31)21-42-29-34-19-15-26(36-29)24-11-13-25(33)14-12-24/h5-7,9-15,19,22,37H,3-4,8,16-18,20-21H2,1-2H3,(H,35,39)(H,40,41)/t22-,32?/m1/s1. The molecule has 0 radical (unpaired) electrons. The summed E-state index contributed by atoms with van der Waals surface area (Å²) in [5.74, 6) is -0.919. The largest absolute Gasteiger partial charge is 0.465 e. The second-order valence-corrected chi connectivity index (χ2v) is 12.5. The predicted octanol–water partition coefficient (Wildman–Crippen LogP) is 7.09. The van der Waals surface area contributed by atoms with Gasteiger partial charge in [-0.1, -0.05) is 92.0 Å². The number of carboxylic acid groups (broad SMARTS) is 1. The molecule has 1 aliphatic carbocycles. The third-order valence-electron chi connectivity index (χ3n) is 7.96. The Balaban J connectivity index is 1.55. The maximum atomic E-state index is 13.9. The van der Waals surface area contributed by atoms with Crippen molar-refractivity contribution in [3.05, 3.63) is 77.4 Å². The Morgan fingerprint density at radius 2 is 1.81 bits per heavy atom. The SMILES string of the molecule is CCCCC(CC1(CSc2nccc(-c3ccc(Cl)cc3)n2)CCC1)(NC(=O)O)C(=O)C(=O)N[C@H](C)c1ccccc1. The second-order valence-electron chi connectivity index (χ2n) is 11.1. The second kappa shape index (κ2) is 14.2. The van der Waals surface area contributed by atoms with Gasteiger partial charge in [-0.05, 0) is 61.8 Å². The molecule has 3 N–H and O–H groups in total. The molecule has 0 saturated heterocycles. The number of halogens is 1. The Hall–Kier alpha value is -3.43. The number of carbonyl (C=O) groups excluding carboxylic acids is 2. The van der Waals surface area contributed by atoms with E-state index in [0.29, 0.717) is 22.4 Å². The number of nitrogens with one attached hydrogen (secondary N) is 2. The maximum absolute atomic E-state index is 13.9. The summed E-state index contributed by atoms with van der Waals surface area (Å²) in [6.07, 6.45) is 4.85. The van der Waals surface area contributed by atoms with Gasteiger partial charge in [0.15, 0.2) is 5.16 Å². The summed E-state index contributed by atoms with van der Waals surface area (Å²) in [4.78, 5) is 48.5. The number of hydrogen-bond acceptors (Lipinski definition) is 6. The van der Waals surface area contributed by atoms with E-state index in [0.717, 1.165) is 42.5 Å². The highest BCUT2D eigenvalue weighted by molar-refractivity contribution is 7.99. The smallest absolute Gasteiger partial charge is 0.405 e. The van der Waals surface area contributed by atoms with Crippen molar-refractivity contribution in [1.29, 1.82) is 0 Å². The van der Waals surface area contributed by atoms with Crippen molar-refractivity contribution in [2.75, 3.05) is 5.75 Å². The summed E-state index contributed by atoms with van der Waals surface area (Å²) in [5.41, 5.74) is 0.678. The quantitative estimate of drug-likeness (QED) is 0.101. The highest BCUT2D eigenvalue weighted by atomic mass is 35.5. The summed E-state index contributed by atoms with van der Waals surface area (Å²) >= 11 is 7.53. The van der Waals surface area contributed by atoms with E-state index in [1.54, 1.807) is 13.1 Å². The average molecular weight is 609 g/mol. The Morgan fingerprint density at radius 3 is 2.43 bits per heavy atom. The van der Waals surface area contributed by atoms with Gasteiger partial charge in [0.2, 0.25) is 5.78 Å². The van der Waals surface area contributed by atoms with Crippen LogP contribution in [0.2, 0.25) is 5.02 Å². The zero-order valence-corrected chi connectivity index (χ0v) is 25.5. The fraction of sp³-hybridized carbons (Fsp3) is 0.406. The van der Waals surface area contributed by atoms with Gasteiger partial charge in [0, 0.05) is 22.5 Å². The first kappa shape index (κ1) is 31.5. The van der Waals surface area contributed by atoms with Crippen molar-refractivity contribution in [2.45, 2.75) is 75.5 Å². The van der Waals surface area contributed by atoms with Crippen molar-refractivity contribution >= 4 is 41.1 Å². The molecule has 1 saturated carbocycles. The zero-order chi connectivity index (χ0) is 30.2. The monoisotopic (exact) mass is 608 g/mol. The highest BCUT2D eigenvalue weighted by Gasteiger charge is 2.51. The van der Waals surface area contributed by atoms with Crippen LogP contribution in [0.3, 0.4) is 0 Å². The lowest BCUT2D eigenvalue weighted by Gasteiger charge is -2.47. The van der Waals surface area contributed by atoms with Gasteiger partial charge >= 0.3 is 6.09 Å². The fourth-order valence-corrected chi connectivity index (χ4v) is 6.78. The normalized spacial score (nSPS) is 16.0. The van der Waals surface area contributed by atoms with Gasteiger partial charge in [0.1, 0.15) is 5.54 Å². The molecule has 0 aliphatic heterocycles. The minimum absolute atomic E-state index is 0.238. The molecular weight excluding hydrogens is 572 g/mol. The molecule has 10 heteroatoms. The van der Waals surface area contributed by atoms with Crippen LogP contribution in [0.25, 0.3) is 11.3 Å². The van der Waals surface area contributed by atoms with Crippen LogP contribution in [0, 0.1) is 5.41 Å². The van der Waals surface area contributed by atoms with Crippen molar-refractivity contribution in [2.24, 2.45) is 5.41 Å². The van der Waals surface area contributed by atoms with Gasteiger partial charge in [-0.3, -0.25) is 9.59 Å². The molecule has 2 atom stereocenters. The Labute approximate surface area is 256 Å². The van der Waals surface area contributed by atoms with E-state index in [2.05, 4.69) is 15.6 Å². The Kier molecular flexibility index (Phi) is 10.6. The van der Waals surface area contributed by atoms with Crippen LogP contribution in [0.5, 0.6) is 0 Å². The molecule has 1 unspecified atom stereocenters. The maximum Gasteiger partial charge on any atom is 0.405 e. The van der Waals surface area contributed by atoms with E-state index in [1.165, 1.54) is 11.8 Å². The van der Waals surface area contributed by atoms with Gasteiger partial charge in [0.25, 0.3) is 5.91 Å². The number of hydrogen-bond donors (Lipinski definition) is 3. The lowest BCUT2D eigenvalue weighted by Crippen LogP contribution is -2.61. The molecule has 8 nitrogen and oxygen atoms in total. The Bertz CT molecular complexity index is 1380. The molecule has 1 aliphatic rings. The minimum atomic E-state index is -1.53. The number of aromatic nitrogens is 2. The zero-order valence-electron chi connectivity index (χ0n) is 23.9. The molecule has 0 bridgehead atoms. The summed E-state index contributed by atoms with van der Waals surface area (Å²) < 4.78 is 0. The first-order valence-corrected chi connectivity index (χ1v) is 15.6. The topological polar surface area (TPSA) is 121 Å². The molecule has 42 heavy (non-hydrogen) atoms. The summed E-state index contributed by atoms with van der Waals surface area (Å²) in [6.45, 7) is 3.79. The van der Waals surface area contributed by atoms with Crippen LogP contribution in [-0.4, -0.2) is 44.1 Å². The molecule has 222 valence electrons. The number of unbranched alkanes of at least 4 members (excludes halogenated alkanes) is 1. The lowest BCUT2D eigenvalue weighted by molar-refractivity contribution is -0.143. The molecule has 4 rings (SSSR count). The number of ketones is 1. The first-order chi connectivity index (χ1) is 20.2. The highest BCUT2D eigenvalue weighted by Crippen LogP contribution is 2.50. The van der Waals surface area contributed by atoms with Crippen LogP contribution in [0.15, 0.2) is 72.0 Å². The van der Waals surface area contributed by atoms with Crippen LogP contribution in [0.1, 0.15) is 70.4 Å². The summed E-state index contributed by atoms with van der Waals surface area (Å²) in [7, 11) is 0. The number of rotatable bonds is 14. The molecule has 0 spiro atoms. The number of thioether (sulfide) groups is 1. The van der Waals surface area contributed by atoms with Crippen LogP contribution in [0.4, 0.5) is 4.79 Å². The van der Waals surface area contributed by atoms with Gasteiger partial charge < -0.3 is 15.7 Å². The van der Waals surface area contributed by atoms with Crippen molar-refractivity contribution < 1.29 is 19.5 Å². The first-order valence-electron chi connectivity index (χ1n) is 14.3. The van der Waals surface area contributed by atoms with Gasteiger partial charge in [-0.2, -0.15) is 0 Å². The van der Waals surface area contributed by atoms with E-state index in [9.17, 15) is 19.5 Å². The van der Waals surface area contributed by atoms with E-state index in [4.69, 9.17) is 16.6 Å². The molecule has 2 amide bonds. The van der Waals surface area contributed by atoms with Crippen LogP contribution in [-0.2, 0) is 9.59 Å². The molecule has 3 aromatic rings. The van der Waals surface area contributed by atoms with Crippen LogP contribution >= 0.6 is 23.4 Å². The lowest BCUT2D eigenvalue weighted by atomic mass is 9.62. The van der Waals surface area contributed by atoms with Gasteiger partial charge in [-0.25, -0.2) is 14.8 Å². The number of benzene rings is 2. The number of nitrogens with zero attached hydrogens (tertiary/aromatic N) is 2. The number of Topliss-reactive ketones (excluding diaryl/α,β-unsaturated/α-hetero) is 1. The molecular formula is C32H37ClN4O4S. The van der Waals surface area contributed by atoms with Crippen molar-refractivity contribution in [1.82, 2.24) is 20.6 Å². The average Bonchev–Trinajstić information content (AvgIpc) is 2.97. The predicted molar refractivity (Wildman–Crippen MR) is 166 cm³/mol. The van der Waals surface area contributed by atoms with Crippen molar-refractivity contribution in [3.8, 4) is 11.3 Å². The van der Waals surface area contributed by atoms with E-state index in [1.807, 2.05) is 67.6 Å². The van der Waals surface area contributed by atoms with E-state index >= 15 is 0 Å². The Morgan fingerprint density at radius 1 is 1.10 bits per heavy atom. The molecule has 1 aromatic heterocycles. The molecule has 1 heterocycles. The summed E-state index contributed by atoms with van der Waals surface area (Å²) in [5, 5.41) is 16.4. The van der Waals surface area contributed by atoms with E-state index in [-0.39, 0.29) is 18.3 Å². The molecule has 2 aromatic carbocycles. The number of amides is 2. The number of carbonyl (C=O) groups is 3. The van der Waals surface area contributed by atoms with Crippen molar-refractivity contribution in [3.63, 3.8) is 0 Å². The third-order valence-corrected chi connectivity index (χ3v) is 9.43. The molecule has 1 fully saturated rings. The summed E-state index contributed by atoms with van der Waals surface area (Å²) in [6, 6.07) is 18.2. The van der Waals surface area contributed by atoms with E-state index < -0.39 is 29.4 Å². The minimum Gasteiger partial charge on any atom is -0.465 e. The van der Waals surface area contributed by atoms with Crippen LogP contribution < -0.4 is 10.6 Å². The van der Waals surface area contributed by atoms with Gasteiger partial charge in [-0.15, -0.1) is 0 Å². The fourth-order valence-electron chi connectivity index (χ4n) is 5.53.